The van der Waals surface area contributed by atoms with E-state index < -0.39 is 5.60 Å². The first-order valence-electron chi connectivity index (χ1n) is 11.8. The van der Waals surface area contributed by atoms with Crippen molar-refractivity contribution in [3.05, 3.63) is 71.2 Å². The average Bonchev–Trinajstić information content (AvgIpc) is 3.23. The monoisotopic (exact) mass is 493 g/mol. The first-order chi connectivity index (χ1) is 16.6. The minimum absolute atomic E-state index is 0.0698. The van der Waals surface area contributed by atoms with Crippen LogP contribution >= 0.6 is 12.2 Å². The third-order valence-corrected chi connectivity index (χ3v) is 6.98. The molecule has 35 heavy (non-hydrogen) atoms. The number of aromatic nitrogens is 1. The van der Waals surface area contributed by atoms with Crippen molar-refractivity contribution in [1.29, 1.82) is 0 Å². The predicted molar refractivity (Wildman–Crippen MR) is 135 cm³/mol. The highest BCUT2D eigenvalue weighted by molar-refractivity contribution is 7.80. The zero-order valence-corrected chi connectivity index (χ0v) is 20.9. The average molecular weight is 494 g/mol. The fraction of sp³-hybridized carbons (Fsp3) is 0.370. The molecule has 6 nitrogen and oxygen atoms in total. The summed E-state index contributed by atoms with van der Waals surface area (Å²) in [5, 5.41) is 1.57. The molecular weight excluding hydrogens is 465 g/mol. The number of carbonyl (C=O) groups excluding carboxylic acids is 2. The van der Waals surface area contributed by atoms with Crippen LogP contribution in [0.25, 0.3) is 10.9 Å². The molecule has 0 aliphatic carbocycles. The molecule has 2 aliphatic heterocycles. The molecule has 182 valence electrons. The minimum atomic E-state index is -0.573. The first kappa shape index (κ1) is 23.5. The van der Waals surface area contributed by atoms with Crippen molar-refractivity contribution in [3.8, 4) is 0 Å². The van der Waals surface area contributed by atoms with E-state index in [0.717, 1.165) is 27.7 Å². The van der Waals surface area contributed by atoms with Gasteiger partial charge in [0.05, 0.1) is 13.0 Å². The zero-order chi connectivity index (χ0) is 24.9. The van der Waals surface area contributed by atoms with E-state index in [1.807, 2.05) is 37.8 Å². The van der Waals surface area contributed by atoms with Gasteiger partial charge in [-0.25, -0.2) is 4.39 Å². The largest absolute Gasteiger partial charge is 0.460 e. The van der Waals surface area contributed by atoms with Gasteiger partial charge in [0.1, 0.15) is 17.5 Å². The first-order valence-corrected chi connectivity index (χ1v) is 12.2. The summed E-state index contributed by atoms with van der Waals surface area (Å²) in [5.74, 6) is -0.680. The molecule has 3 aromatic rings. The Morgan fingerprint density at radius 2 is 1.86 bits per heavy atom. The summed E-state index contributed by atoms with van der Waals surface area (Å²) in [4.78, 5) is 29.1. The molecule has 0 radical (unpaired) electrons. The number of ether oxygens (including phenoxy) is 1. The van der Waals surface area contributed by atoms with E-state index in [9.17, 15) is 14.0 Å². The molecule has 1 fully saturated rings. The van der Waals surface area contributed by atoms with Crippen LogP contribution in [-0.2, 0) is 33.8 Å². The summed E-state index contributed by atoms with van der Waals surface area (Å²) in [6.07, 6.45) is 0.643. The highest BCUT2D eigenvalue weighted by Gasteiger charge is 2.46. The minimum Gasteiger partial charge on any atom is -0.460 e. The topological polar surface area (TPSA) is 54.8 Å². The fourth-order valence-electron chi connectivity index (χ4n) is 5.02. The van der Waals surface area contributed by atoms with Gasteiger partial charge in [-0.1, -0.05) is 30.3 Å². The molecule has 1 saturated heterocycles. The van der Waals surface area contributed by atoms with Crippen LogP contribution in [0.4, 0.5) is 4.39 Å². The molecule has 1 unspecified atom stereocenters. The van der Waals surface area contributed by atoms with Gasteiger partial charge in [-0.2, -0.15) is 0 Å². The number of halogens is 1. The van der Waals surface area contributed by atoms with Gasteiger partial charge < -0.3 is 14.2 Å². The van der Waals surface area contributed by atoms with Gasteiger partial charge in [0.15, 0.2) is 5.11 Å². The van der Waals surface area contributed by atoms with E-state index in [0.29, 0.717) is 24.6 Å². The lowest BCUT2D eigenvalue weighted by Gasteiger charge is -2.30. The van der Waals surface area contributed by atoms with Crippen molar-refractivity contribution in [3.63, 3.8) is 0 Å². The summed E-state index contributed by atoms with van der Waals surface area (Å²) in [6, 6.07) is 14.3. The molecule has 1 atom stereocenters. The number of esters is 1. The number of nitrogens with zero attached hydrogens (tertiary/aromatic N) is 3. The Labute approximate surface area is 209 Å². The molecule has 0 bridgehead atoms. The second kappa shape index (κ2) is 8.75. The Morgan fingerprint density at radius 1 is 1.14 bits per heavy atom. The number of para-hydroxylation sites is 1. The van der Waals surface area contributed by atoms with Gasteiger partial charge in [-0.15, -0.1) is 0 Å². The lowest BCUT2D eigenvalue weighted by atomic mass is 9.97. The number of hydrogen-bond donors (Lipinski definition) is 0. The molecule has 0 N–H and O–H groups in total. The maximum Gasteiger partial charge on any atom is 0.308 e. The van der Waals surface area contributed by atoms with Crippen LogP contribution in [0, 0.1) is 5.82 Å². The lowest BCUT2D eigenvalue weighted by molar-refractivity contribution is -0.155. The number of fused-ring (bicyclic) bond motifs is 4. The Bertz CT molecular complexity index is 1330. The predicted octanol–water partition coefficient (Wildman–Crippen LogP) is 4.41. The quantitative estimate of drug-likeness (QED) is 0.389. The standard InChI is InChI=1S/C27H28FN3O3S/c1-27(2,3)34-24(32)12-13-29-25(33)22-14-20-19-6-4-5-7-21(19)30(23(20)16-31(22)26(29)35)15-17-8-10-18(28)11-9-17/h4-11,22H,12-16H2,1-3H3. The van der Waals surface area contributed by atoms with Crippen LogP contribution in [-0.4, -0.2) is 49.5 Å². The number of hydrogen-bond acceptors (Lipinski definition) is 4. The Kier molecular flexibility index (Phi) is 5.87. The molecule has 3 heterocycles. The molecule has 0 saturated carbocycles. The Balaban J connectivity index is 1.42. The van der Waals surface area contributed by atoms with E-state index in [4.69, 9.17) is 17.0 Å². The molecule has 5 rings (SSSR count). The van der Waals surface area contributed by atoms with Crippen molar-refractivity contribution in [1.82, 2.24) is 14.4 Å². The number of thiocarbonyl (C=S) groups is 1. The number of carbonyl (C=O) groups is 2. The zero-order valence-electron chi connectivity index (χ0n) is 20.1. The third kappa shape index (κ3) is 4.43. The highest BCUT2D eigenvalue weighted by Crippen LogP contribution is 2.37. The fourth-order valence-corrected chi connectivity index (χ4v) is 5.39. The highest BCUT2D eigenvalue weighted by atomic mass is 32.1. The molecule has 0 spiro atoms. The molecule has 1 aromatic heterocycles. The van der Waals surface area contributed by atoms with E-state index >= 15 is 0 Å². The van der Waals surface area contributed by atoms with E-state index in [1.165, 1.54) is 12.1 Å². The van der Waals surface area contributed by atoms with Crippen molar-refractivity contribution >= 4 is 40.1 Å². The summed E-state index contributed by atoms with van der Waals surface area (Å²) in [5.41, 5.74) is 3.76. The summed E-state index contributed by atoms with van der Waals surface area (Å²) >= 11 is 5.70. The van der Waals surface area contributed by atoms with E-state index in [2.05, 4.69) is 16.7 Å². The smallest absolute Gasteiger partial charge is 0.308 e. The normalized spacial score (nSPS) is 17.7. The summed E-state index contributed by atoms with van der Waals surface area (Å²) in [6.45, 7) is 6.76. The van der Waals surface area contributed by atoms with Crippen LogP contribution in [0.1, 0.15) is 44.0 Å². The van der Waals surface area contributed by atoms with Gasteiger partial charge in [-0.05, 0) is 62.3 Å². The number of amides is 1. The molecular formula is C27H28FN3O3S. The van der Waals surface area contributed by atoms with Crippen molar-refractivity contribution < 1.29 is 18.7 Å². The van der Waals surface area contributed by atoms with Crippen LogP contribution in [0.5, 0.6) is 0 Å². The van der Waals surface area contributed by atoms with Gasteiger partial charge in [0.2, 0.25) is 0 Å². The Morgan fingerprint density at radius 3 is 2.57 bits per heavy atom. The van der Waals surface area contributed by atoms with Gasteiger partial charge in [0.25, 0.3) is 5.91 Å². The summed E-state index contributed by atoms with van der Waals surface area (Å²) < 4.78 is 21.1. The van der Waals surface area contributed by atoms with E-state index in [-0.39, 0.29) is 36.7 Å². The number of rotatable bonds is 5. The second-order valence-electron chi connectivity index (χ2n) is 10.1. The maximum absolute atomic E-state index is 13.5. The van der Waals surface area contributed by atoms with Crippen molar-refractivity contribution in [2.45, 2.75) is 58.3 Å². The van der Waals surface area contributed by atoms with Crippen LogP contribution in [0.3, 0.4) is 0 Å². The van der Waals surface area contributed by atoms with Crippen molar-refractivity contribution in [2.24, 2.45) is 0 Å². The second-order valence-corrected chi connectivity index (χ2v) is 10.5. The molecule has 1 amide bonds. The van der Waals surface area contributed by atoms with Crippen LogP contribution < -0.4 is 0 Å². The molecule has 2 aromatic carbocycles. The maximum atomic E-state index is 13.5. The molecule has 8 heteroatoms. The van der Waals surface area contributed by atoms with Gasteiger partial charge >= 0.3 is 5.97 Å². The third-order valence-electron chi connectivity index (χ3n) is 6.53. The van der Waals surface area contributed by atoms with Crippen LogP contribution in [0.15, 0.2) is 48.5 Å². The van der Waals surface area contributed by atoms with Crippen molar-refractivity contribution in [2.75, 3.05) is 6.54 Å². The summed E-state index contributed by atoms with van der Waals surface area (Å²) in [7, 11) is 0. The van der Waals surface area contributed by atoms with Gasteiger partial charge in [0, 0.05) is 36.1 Å². The SMILES string of the molecule is CC(C)(C)OC(=O)CCN1C(=O)C2Cc3c(n(Cc4ccc(F)cc4)c4ccccc34)CN2C1=S. The number of benzene rings is 2. The van der Waals surface area contributed by atoms with Crippen LogP contribution in [0.2, 0.25) is 0 Å². The van der Waals surface area contributed by atoms with Gasteiger partial charge in [-0.3, -0.25) is 14.5 Å². The lowest BCUT2D eigenvalue weighted by Crippen LogP contribution is -2.40. The molecule has 2 aliphatic rings. The Hall–Kier alpha value is -3.26. The van der Waals surface area contributed by atoms with E-state index in [1.54, 1.807) is 17.0 Å².